The van der Waals surface area contributed by atoms with Crippen molar-refractivity contribution in [3.05, 3.63) is 32.1 Å². The summed E-state index contributed by atoms with van der Waals surface area (Å²) in [5.41, 5.74) is 1.15. The average Bonchev–Trinajstić information content (AvgIpc) is 3.31. The van der Waals surface area contributed by atoms with Crippen LogP contribution in [0.2, 0.25) is 0 Å². The summed E-state index contributed by atoms with van der Waals surface area (Å²) in [4.78, 5) is 31.8. The van der Waals surface area contributed by atoms with Crippen molar-refractivity contribution in [2.75, 3.05) is 26.7 Å². The highest BCUT2D eigenvalue weighted by atomic mass is 32.2. The summed E-state index contributed by atoms with van der Waals surface area (Å²) in [5, 5.41) is 2.53. The Labute approximate surface area is 178 Å². The van der Waals surface area contributed by atoms with Crippen LogP contribution in [-0.2, 0) is 27.7 Å². The van der Waals surface area contributed by atoms with Gasteiger partial charge in [0.05, 0.1) is 24.2 Å². The van der Waals surface area contributed by atoms with E-state index in [0.717, 1.165) is 16.3 Å². The van der Waals surface area contributed by atoms with Crippen molar-refractivity contribution < 1.29 is 22.7 Å². The van der Waals surface area contributed by atoms with E-state index in [1.54, 1.807) is 24.1 Å². The Kier molecular flexibility index (Phi) is 6.42. The number of thiophene rings is 1. The second-order valence-corrected chi connectivity index (χ2v) is 10.8. The molecule has 11 heteroatoms. The zero-order chi connectivity index (χ0) is 21.3. The minimum atomic E-state index is -3.83. The van der Waals surface area contributed by atoms with Gasteiger partial charge in [0.25, 0.3) is 15.9 Å². The van der Waals surface area contributed by atoms with Gasteiger partial charge in [-0.05, 0) is 18.9 Å². The Balaban J connectivity index is 2.02. The van der Waals surface area contributed by atoms with E-state index in [4.69, 9.17) is 4.74 Å². The second kappa shape index (κ2) is 8.50. The van der Waals surface area contributed by atoms with Crippen molar-refractivity contribution in [2.45, 2.75) is 37.9 Å². The molecule has 29 heavy (non-hydrogen) atoms. The Morgan fingerprint density at radius 2 is 2.00 bits per heavy atom. The summed E-state index contributed by atoms with van der Waals surface area (Å²) in [6.07, 6.45) is 0.388. The highest BCUT2D eigenvalue weighted by molar-refractivity contribution is 7.91. The van der Waals surface area contributed by atoms with Crippen LogP contribution < -0.4 is 0 Å². The van der Waals surface area contributed by atoms with Gasteiger partial charge in [-0.1, -0.05) is 13.8 Å². The number of hydrogen-bond donors (Lipinski definition) is 0. The molecule has 0 spiro atoms. The first-order valence-electron chi connectivity index (χ1n) is 9.18. The number of amides is 1. The number of fused-ring (bicyclic) bond motifs is 1. The van der Waals surface area contributed by atoms with Crippen LogP contribution in [0.15, 0.2) is 9.59 Å². The summed E-state index contributed by atoms with van der Waals surface area (Å²) in [5.74, 6) is -0.857. The van der Waals surface area contributed by atoms with Crippen LogP contribution in [0, 0.1) is 6.92 Å². The molecule has 2 aromatic heterocycles. The van der Waals surface area contributed by atoms with E-state index in [-0.39, 0.29) is 22.2 Å². The van der Waals surface area contributed by atoms with E-state index in [0.29, 0.717) is 42.2 Å². The molecule has 3 heterocycles. The van der Waals surface area contributed by atoms with Crippen LogP contribution in [0.5, 0.6) is 0 Å². The standard InChI is InChI=1S/C18H23N3O5S3/c1-5-21(6-2)29(24,25)18-15(17(23)26-4)12-7-8-20(9-14(12)28-18)16(22)13-10-27-11(3)19-13/h10H,5-9H2,1-4H3. The second-order valence-electron chi connectivity index (χ2n) is 6.48. The average molecular weight is 458 g/mol. The number of nitrogens with zero attached hydrogens (tertiary/aromatic N) is 3. The number of methoxy groups -OCH3 is 1. The topological polar surface area (TPSA) is 96.9 Å². The number of ether oxygens (including phenoxy) is 1. The van der Waals surface area contributed by atoms with Gasteiger partial charge in [-0.3, -0.25) is 4.79 Å². The van der Waals surface area contributed by atoms with Crippen LogP contribution in [0.1, 0.15) is 50.1 Å². The molecule has 1 aliphatic rings. The predicted molar refractivity (Wildman–Crippen MR) is 111 cm³/mol. The lowest BCUT2D eigenvalue weighted by atomic mass is 10.0. The number of rotatable bonds is 6. The van der Waals surface area contributed by atoms with Crippen molar-refractivity contribution in [1.82, 2.24) is 14.2 Å². The van der Waals surface area contributed by atoms with Crippen molar-refractivity contribution in [2.24, 2.45) is 0 Å². The maximum Gasteiger partial charge on any atom is 0.340 e. The first-order valence-corrected chi connectivity index (χ1v) is 12.3. The Morgan fingerprint density at radius 3 is 2.55 bits per heavy atom. The third-order valence-electron chi connectivity index (χ3n) is 4.82. The SMILES string of the molecule is CCN(CC)S(=O)(=O)c1sc2c(c1C(=O)OC)CCN(C(=O)c1csc(C)n1)C2. The number of carbonyl (C=O) groups excluding carboxylic acids is 2. The van der Waals surface area contributed by atoms with E-state index in [1.165, 1.54) is 22.8 Å². The van der Waals surface area contributed by atoms with Crippen molar-refractivity contribution in [3.8, 4) is 0 Å². The molecule has 0 unspecified atom stereocenters. The fourth-order valence-electron chi connectivity index (χ4n) is 3.35. The van der Waals surface area contributed by atoms with E-state index in [2.05, 4.69) is 4.98 Å². The molecular weight excluding hydrogens is 434 g/mol. The first kappa shape index (κ1) is 21.9. The molecule has 0 fully saturated rings. The molecule has 8 nitrogen and oxygen atoms in total. The summed E-state index contributed by atoms with van der Waals surface area (Å²) in [6, 6.07) is 0. The summed E-state index contributed by atoms with van der Waals surface area (Å²) < 4.78 is 32.5. The number of hydrogen-bond acceptors (Lipinski definition) is 8. The van der Waals surface area contributed by atoms with Gasteiger partial charge in [0.15, 0.2) is 0 Å². The monoisotopic (exact) mass is 457 g/mol. The molecule has 0 saturated carbocycles. The van der Waals surface area contributed by atoms with E-state index in [1.807, 2.05) is 6.92 Å². The lowest BCUT2D eigenvalue weighted by Crippen LogP contribution is -2.36. The largest absolute Gasteiger partial charge is 0.465 e. The fourth-order valence-corrected chi connectivity index (χ4v) is 7.43. The highest BCUT2D eigenvalue weighted by Gasteiger charge is 2.37. The zero-order valence-electron chi connectivity index (χ0n) is 16.7. The quantitative estimate of drug-likeness (QED) is 0.619. The van der Waals surface area contributed by atoms with Crippen LogP contribution >= 0.6 is 22.7 Å². The minimum Gasteiger partial charge on any atom is -0.465 e. The van der Waals surface area contributed by atoms with Gasteiger partial charge in [-0.25, -0.2) is 18.2 Å². The molecule has 0 aliphatic carbocycles. The molecule has 0 saturated heterocycles. The number of aryl methyl sites for hydroxylation is 1. The van der Waals surface area contributed by atoms with Crippen LogP contribution in [0.25, 0.3) is 0 Å². The van der Waals surface area contributed by atoms with Crippen molar-refractivity contribution in [3.63, 3.8) is 0 Å². The van der Waals surface area contributed by atoms with Gasteiger partial charge in [0, 0.05) is 29.9 Å². The van der Waals surface area contributed by atoms with E-state index < -0.39 is 16.0 Å². The molecule has 0 bridgehead atoms. The van der Waals surface area contributed by atoms with Gasteiger partial charge < -0.3 is 9.64 Å². The molecule has 0 N–H and O–H groups in total. The first-order chi connectivity index (χ1) is 13.7. The van der Waals surface area contributed by atoms with E-state index >= 15 is 0 Å². The maximum absolute atomic E-state index is 13.1. The third-order valence-corrected chi connectivity index (χ3v) is 9.35. The Hall–Kier alpha value is -1.82. The molecule has 158 valence electrons. The van der Waals surface area contributed by atoms with Gasteiger partial charge in [-0.2, -0.15) is 4.31 Å². The van der Waals surface area contributed by atoms with Crippen molar-refractivity contribution >= 4 is 44.6 Å². The molecule has 0 radical (unpaired) electrons. The molecular formula is C18H23N3O5S3. The molecule has 3 rings (SSSR count). The summed E-state index contributed by atoms with van der Waals surface area (Å²) in [6.45, 7) is 6.57. The summed E-state index contributed by atoms with van der Waals surface area (Å²) in [7, 11) is -2.59. The maximum atomic E-state index is 13.1. The van der Waals surface area contributed by atoms with Gasteiger partial charge >= 0.3 is 5.97 Å². The van der Waals surface area contributed by atoms with Crippen molar-refractivity contribution in [1.29, 1.82) is 0 Å². The molecule has 1 amide bonds. The van der Waals surface area contributed by atoms with E-state index in [9.17, 15) is 18.0 Å². The normalized spacial score (nSPS) is 14.2. The molecule has 0 aromatic carbocycles. The number of sulfonamides is 1. The van der Waals surface area contributed by atoms with Gasteiger partial charge in [-0.15, -0.1) is 22.7 Å². The number of carbonyl (C=O) groups is 2. The predicted octanol–water partition coefficient (Wildman–Crippen LogP) is 2.53. The fraction of sp³-hybridized carbons (Fsp3) is 0.500. The third kappa shape index (κ3) is 3.96. The molecule has 0 atom stereocenters. The Bertz CT molecular complexity index is 1040. The molecule has 2 aromatic rings. The number of aromatic nitrogens is 1. The van der Waals surface area contributed by atoms with Crippen LogP contribution in [0.3, 0.4) is 0 Å². The Morgan fingerprint density at radius 1 is 1.31 bits per heavy atom. The number of esters is 1. The van der Waals surface area contributed by atoms with Gasteiger partial charge in [0.2, 0.25) is 0 Å². The summed E-state index contributed by atoms with van der Waals surface area (Å²) >= 11 is 2.46. The van der Waals surface area contributed by atoms with Crippen LogP contribution in [-0.4, -0.2) is 61.2 Å². The van der Waals surface area contributed by atoms with Crippen LogP contribution in [0.4, 0.5) is 0 Å². The molecule has 1 aliphatic heterocycles. The zero-order valence-corrected chi connectivity index (χ0v) is 19.2. The lowest BCUT2D eigenvalue weighted by molar-refractivity contribution is 0.0595. The van der Waals surface area contributed by atoms with Gasteiger partial charge in [0.1, 0.15) is 9.90 Å². The smallest absolute Gasteiger partial charge is 0.340 e. The highest BCUT2D eigenvalue weighted by Crippen LogP contribution is 2.38. The minimum absolute atomic E-state index is 0.00292. The number of thiazole rings is 1. The lowest BCUT2D eigenvalue weighted by Gasteiger charge is -2.26.